The predicted octanol–water partition coefficient (Wildman–Crippen LogP) is 3.15. The normalized spacial score (nSPS) is 13.1. The molecule has 0 spiro atoms. The van der Waals surface area contributed by atoms with Crippen molar-refractivity contribution in [2.75, 3.05) is 27.7 Å². The summed E-state index contributed by atoms with van der Waals surface area (Å²) in [7, 11) is 5.37. The lowest BCUT2D eigenvalue weighted by Crippen LogP contribution is -2.51. The molecule has 0 radical (unpaired) electrons. The monoisotopic (exact) mass is 433 g/mol. The molecular formula is C23H29F2N3O3. The summed E-state index contributed by atoms with van der Waals surface area (Å²) in [4.78, 5) is 27.2. The third-order valence-electron chi connectivity index (χ3n) is 5.02. The van der Waals surface area contributed by atoms with E-state index in [0.717, 1.165) is 23.4 Å². The summed E-state index contributed by atoms with van der Waals surface area (Å²) < 4.78 is 33.0. The van der Waals surface area contributed by atoms with Gasteiger partial charge in [-0.25, -0.2) is 8.78 Å². The van der Waals surface area contributed by atoms with Gasteiger partial charge >= 0.3 is 0 Å². The van der Waals surface area contributed by atoms with Crippen molar-refractivity contribution in [3.63, 3.8) is 0 Å². The molecule has 0 aromatic heterocycles. The van der Waals surface area contributed by atoms with Crippen molar-refractivity contribution in [2.24, 2.45) is 5.92 Å². The molecule has 2 N–H and O–H groups in total. The maximum atomic E-state index is 13.9. The van der Waals surface area contributed by atoms with Gasteiger partial charge in [0, 0.05) is 6.54 Å². The second-order valence-corrected chi connectivity index (χ2v) is 7.79. The Balaban J connectivity index is 2.11. The molecule has 1 unspecified atom stereocenters. The first-order valence-electron chi connectivity index (χ1n) is 9.98. The van der Waals surface area contributed by atoms with E-state index < -0.39 is 35.1 Å². The molecule has 2 atom stereocenters. The van der Waals surface area contributed by atoms with Crippen LogP contribution in [0.25, 0.3) is 0 Å². The van der Waals surface area contributed by atoms with Crippen molar-refractivity contribution < 1.29 is 23.1 Å². The SMILES string of the molecule is COc1ccc(C(CNC(=O)[C@@H](NC(=O)c2c(F)cccc2F)C(C)C)N(C)C)cc1. The summed E-state index contributed by atoms with van der Waals surface area (Å²) in [5.41, 5.74) is 0.273. The molecule has 31 heavy (non-hydrogen) atoms. The number of carbonyl (C=O) groups excluding carboxylic acids is 2. The number of rotatable bonds is 9. The van der Waals surface area contributed by atoms with E-state index >= 15 is 0 Å². The zero-order valence-electron chi connectivity index (χ0n) is 18.4. The largest absolute Gasteiger partial charge is 0.497 e. The number of hydrogen-bond acceptors (Lipinski definition) is 4. The van der Waals surface area contributed by atoms with Crippen molar-refractivity contribution in [3.8, 4) is 5.75 Å². The number of hydrogen-bond donors (Lipinski definition) is 2. The van der Waals surface area contributed by atoms with Crippen LogP contribution >= 0.6 is 0 Å². The van der Waals surface area contributed by atoms with Crippen LogP contribution in [0.2, 0.25) is 0 Å². The van der Waals surface area contributed by atoms with Crippen molar-refractivity contribution in [2.45, 2.75) is 25.9 Å². The Kier molecular flexibility index (Phi) is 8.50. The molecule has 0 bridgehead atoms. The Bertz CT molecular complexity index is 881. The molecule has 6 nitrogen and oxygen atoms in total. The summed E-state index contributed by atoms with van der Waals surface area (Å²) in [6.45, 7) is 3.77. The van der Waals surface area contributed by atoms with Crippen LogP contribution in [0.1, 0.15) is 35.8 Å². The average Bonchev–Trinajstić information content (AvgIpc) is 2.71. The molecule has 0 aliphatic heterocycles. The summed E-state index contributed by atoms with van der Waals surface area (Å²) in [6.07, 6.45) is 0. The van der Waals surface area contributed by atoms with Crippen LogP contribution < -0.4 is 15.4 Å². The topological polar surface area (TPSA) is 70.7 Å². The van der Waals surface area contributed by atoms with E-state index in [2.05, 4.69) is 10.6 Å². The third kappa shape index (κ3) is 6.24. The highest BCUT2D eigenvalue weighted by Crippen LogP contribution is 2.21. The third-order valence-corrected chi connectivity index (χ3v) is 5.02. The minimum atomic E-state index is -0.979. The Morgan fingerprint density at radius 1 is 1.03 bits per heavy atom. The lowest BCUT2D eigenvalue weighted by molar-refractivity contribution is -0.124. The molecular weight excluding hydrogens is 404 g/mol. The molecule has 2 aromatic carbocycles. The first-order chi connectivity index (χ1) is 14.6. The predicted molar refractivity (Wildman–Crippen MR) is 115 cm³/mol. The molecule has 0 saturated carbocycles. The minimum absolute atomic E-state index is 0.123. The van der Waals surface area contributed by atoms with Gasteiger partial charge < -0.3 is 20.3 Å². The van der Waals surface area contributed by atoms with Crippen LogP contribution in [-0.4, -0.2) is 50.5 Å². The van der Waals surface area contributed by atoms with E-state index in [-0.39, 0.29) is 18.5 Å². The number of nitrogens with one attached hydrogen (secondary N) is 2. The second kappa shape index (κ2) is 10.9. The van der Waals surface area contributed by atoms with E-state index in [1.807, 2.05) is 43.3 Å². The number of benzene rings is 2. The number of nitrogens with zero attached hydrogens (tertiary/aromatic N) is 1. The van der Waals surface area contributed by atoms with Crippen LogP contribution in [0, 0.1) is 17.6 Å². The quantitative estimate of drug-likeness (QED) is 0.638. The van der Waals surface area contributed by atoms with Gasteiger partial charge in [0.1, 0.15) is 29.0 Å². The molecule has 168 valence electrons. The Morgan fingerprint density at radius 3 is 2.10 bits per heavy atom. The van der Waals surface area contributed by atoms with Gasteiger partial charge in [0.05, 0.1) is 13.2 Å². The number of likely N-dealkylation sites (N-methyl/N-ethyl adjacent to an activating group) is 1. The van der Waals surface area contributed by atoms with E-state index in [9.17, 15) is 18.4 Å². The number of carbonyl (C=O) groups is 2. The molecule has 0 aliphatic rings. The molecule has 8 heteroatoms. The maximum absolute atomic E-state index is 13.9. The molecule has 2 rings (SSSR count). The van der Waals surface area contributed by atoms with Crippen LogP contribution in [0.4, 0.5) is 8.78 Å². The van der Waals surface area contributed by atoms with E-state index in [0.29, 0.717) is 0 Å². The molecule has 0 aliphatic carbocycles. The smallest absolute Gasteiger partial charge is 0.257 e. The lowest BCUT2D eigenvalue weighted by Gasteiger charge is -2.27. The average molecular weight is 433 g/mol. The zero-order valence-corrected chi connectivity index (χ0v) is 18.4. The Hall–Kier alpha value is -3.00. The number of amides is 2. The van der Waals surface area contributed by atoms with Crippen LogP contribution in [0.3, 0.4) is 0 Å². The van der Waals surface area contributed by atoms with Crippen LogP contribution in [0.15, 0.2) is 42.5 Å². The fourth-order valence-corrected chi connectivity index (χ4v) is 3.19. The first kappa shape index (κ1) is 24.3. The van der Waals surface area contributed by atoms with E-state index in [1.165, 1.54) is 6.07 Å². The number of ether oxygens (including phenoxy) is 1. The molecule has 0 heterocycles. The number of halogens is 2. The maximum Gasteiger partial charge on any atom is 0.257 e. The van der Waals surface area contributed by atoms with Gasteiger partial charge in [-0.3, -0.25) is 9.59 Å². The molecule has 0 saturated heterocycles. The summed E-state index contributed by atoms with van der Waals surface area (Å²) in [5.74, 6) is -2.92. The standard InChI is InChI=1S/C23H29F2N3O3/c1-14(2)21(27-22(29)20-17(24)7-6-8-18(20)25)23(30)26-13-19(28(3)4)15-9-11-16(31-5)12-10-15/h6-12,14,19,21H,13H2,1-5H3,(H,26,30)(H,27,29)/t19?,21-/m0/s1. The number of methoxy groups -OCH3 is 1. The van der Waals surface area contributed by atoms with Gasteiger partial charge in [-0.05, 0) is 49.8 Å². The van der Waals surface area contributed by atoms with Crippen LogP contribution in [0.5, 0.6) is 5.75 Å². The lowest BCUT2D eigenvalue weighted by atomic mass is 10.0. The van der Waals surface area contributed by atoms with Crippen molar-refractivity contribution in [3.05, 3.63) is 65.2 Å². The van der Waals surface area contributed by atoms with Gasteiger partial charge in [0.15, 0.2) is 0 Å². The first-order valence-corrected chi connectivity index (χ1v) is 9.98. The molecule has 0 fully saturated rings. The van der Waals surface area contributed by atoms with Gasteiger partial charge in [-0.2, -0.15) is 0 Å². The Morgan fingerprint density at radius 2 is 1.61 bits per heavy atom. The summed E-state index contributed by atoms with van der Waals surface area (Å²) in [6, 6.07) is 9.61. The van der Waals surface area contributed by atoms with Crippen molar-refractivity contribution >= 4 is 11.8 Å². The van der Waals surface area contributed by atoms with Crippen molar-refractivity contribution in [1.29, 1.82) is 0 Å². The van der Waals surface area contributed by atoms with E-state index in [4.69, 9.17) is 4.74 Å². The van der Waals surface area contributed by atoms with Crippen molar-refractivity contribution in [1.82, 2.24) is 15.5 Å². The fraction of sp³-hybridized carbons (Fsp3) is 0.391. The zero-order chi connectivity index (χ0) is 23.1. The van der Waals surface area contributed by atoms with Gasteiger partial charge in [-0.15, -0.1) is 0 Å². The highest BCUT2D eigenvalue weighted by atomic mass is 19.1. The van der Waals surface area contributed by atoms with Crippen LogP contribution in [-0.2, 0) is 4.79 Å². The minimum Gasteiger partial charge on any atom is -0.497 e. The molecule has 2 aromatic rings. The highest BCUT2D eigenvalue weighted by molar-refractivity contribution is 5.98. The molecule has 2 amide bonds. The highest BCUT2D eigenvalue weighted by Gasteiger charge is 2.28. The fourth-order valence-electron chi connectivity index (χ4n) is 3.19. The summed E-state index contributed by atoms with van der Waals surface area (Å²) in [5, 5.41) is 5.31. The Labute approximate surface area is 181 Å². The second-order valence-electron chi connectivity index (χ2n) is 7.79. The van der Waals surface area contributed by atoms with Gasteiger partial charge in [0.2, 0.25) is 5.91 Å². The van der Waals surface area contributed by atoms with Gasteiger partial charge in [-0.1, -0.05) is 32.0 Å². The summed E-state index contributed by atoms with van der Waals surface area (Å²) >= 11 is 0. The van der Waals surface area contributed by atoms with Gasteiger partial charge in [0.25, 0.3) is 5.91 Å². The van der Waals surface area contributed by atoms with E-state index in [1.54, 1.807) is 21.0 Å².